The zero-order chi connectivity index (χ0) is 17.8. The fourth-order valence-electron chi connectivity index (χ4n) is 3.19. The lowest BCUT2D eigenvalue weighted by molar-refractivity contribution is 0.0551. The molecule has 1 N–H and O–H groups in total. The standard InChI is InChI=1S/C16H18N6O2S/c1-4-6-21-13(23)10-8-17-15(25-3)19-12(10)22(21)11-9-20-7-5-16(2,24)14(20)18-11/h4,8-9,24H,1,5-7H2,2-3H3. The first-order valence-corrected chi connectivity index (χ1v) is 9.12. The van der Waals surface area contributed by atoms with E-state index in [-0.39, 0.29) is 5.56 Å². The maximum Gasteiger partial charge on any atom is 0.278 e. The predicted octanol–water partition coefficient (Wildman–Crippen LogP) is 1.30. The molecular weight excluding hydrogens is 340 g/mol. The normalized spacial score (nSPS) is 19.5. The summed E-state index contributed by atoms with van der Waals surface area (Å²) in [4.78, 5) is 26.0. The Morgan fingerprint density at radius 2 is 2.28 bits per heavy atom. The molecule has 9 heteroatoms. The maximum absolute atomic E-state index is 12.7. The zero-order valence-electron chi connectivity index (χ0n) is 14.0. The van der Waals surface area contributed by atoms with Gasteiger partial charge in [0.05, 0.1) is 12.7 Å². The number of aryl methyl sites for hydroxylation is 1. The first-order chi connectivity index (χ1) is 12.0. The molecule has 3 aromatic heterocycles. The van der Waals surface area contributed by atoms with E-state index in [9.17, 15) is 9.90 Å². The van der Waals surface area contributed by atoms with E-state index in [1.807, 2.05) is 17.0 Å². The number of rotatable bonds is 4. The van der Waals surface area contributed by atoms with Crippen molar-refractivity contribution < 1.29 is 5.11 Å². The summed E-state index contributed by atoms with van der Waals surface area (Å²) in [6.45, 7) is 6.49. The minimum atomic E-state index is -0.968. The molecule has 1 aliphatic heterocycles. The highest BCUT2D eigenvalue weighted by Crippen LogP contribution is 2.32. The minimum absolute atomic E-state index is 0.192. The van der Waals surface area contributed by atoms with Gasteiger partial charge in [0.15, 0.2) is 16.6 Å². The molecule has 3 aromatic rings. The Morgan fingerprint density at radius 3 is 2.96 bits per heavy atom. The molecule has 25 heavy (non-hydrogen) atoms. The van der Waals surface area contributed by atoms with E-state index < -0.39 is 5.60 Å². The Bertz CT molecular complexity index is 1040. The molecule has 0 saturated carbocycles. The van der Waals surface area contributed by atoms with Gasteiger partial charge in [-0.1, -0.05) is 17.8 Å². The van der Waals surface area contributed by atoms with Crippen molar-refractivity contribution in [3.05, 3.63) is 41.2 Å². The molecule has 1 atom stereocenters. The first-order valence-electron chi connectivity index (χ1n) is 7.90. The van der Waals surface area contributed by atoms with Crippen LogP contribution in [-0.2, 0) is 18.7 Å². The maximum atomic E-state index is 12.7. The smallest absolute Gasteiger partial charge is 0.278 e. The molecule has 0 aromatic carbocycles. The van der Waals surface area contributed by atoms with Gasteiger partial charge in [0.2, 0.25) is 0 Å². The van der Waals surface area contributed by atoms with Gasteiger partial charge in [-0.15, -0.1) is 6.58 Å². The third-order valence-electron chi connectivity index (χ3n) is 4.44. The van der Waals surface area contributed by atoms with Crippen LogP contribution in [0.5, 0.6) is 0 Å². The molecule has 0 aliphatic carbocycles. The quantitative estimate of drug-likeness (QED) is 0.429. The molecule has 1 unspecified atom stereocenters. The highest BCUT2D eigenvalue weighted by molar-refractivity contribution is 7.98. The van der Waals surface area contributed by atoms with Crippen molar-refractivity contribution in [2.45, 2.75) is 37.2 Å². The topological polar surface area (TPSA) is 90.8 Å². The second kappa shape index (κ2) is 5.57. The number of hydrogen-bond acceptors (Lipinski definition) is 6. The number of imidazole rings is 1. The van der Waals surface area contributed by atoms with Gasteiger partial charge in [0.1, 0.15) is 16.8 Å². The zero-order valence-corrected chi connectivity index (χ0v) is 14.8. The summed E-state index contributed by atoms with van der Waals surface area (Å²) >= 11 is 1.41. The fourth-order valence-corrected chi connectivity index (χ4v) is 3.52. The Morgan fingerprint density at radius 1 is 1.48 bits per heavy atom. The van der Waals surface area contributed by atoms with Crippen LogP contribution in [-0.4, -0.2) is 40.2 Å². The second-order valence-electron chi connectivity index (χ2n) is 6.22. The van der Waals surface area contributed by atoms with Crippen LogP contribution in [0.3, 0.4) is 0 Å². The van der Waals surface area contributed by atoms with Crippen LogP contribution in [0, 0.1) is 0 Å². The van der Waals surface area contributed by atoms with E-state index >= 15 is 0 Å². The van der Waals surface area contributed by atoms with Gasteiger partial charge in [-0.3, -0.25) is 4.79 Å². The van der Waals surface area contributed by atoms with E-state index in [0.717, 1.165) is 0 Å². The molecule has 0 amide bonds. The summed E-state index contributed by atoms with van der Waals surface area (Å²) in [5, 5.41) is 11.5. The number of aliphatic hydroxyl groups is 1. The third-order valence-corrected chi connectivity index (χ3v) is 5.00. The number of nitrogens with zero attached hydrogens (tertiary/aromatic N) is 6. The number of allylic oxidation sites excluding steroid dienone is 1. The third kappa shape index (κ3) is 2.34. The van der Waals surface area contributed by atoms with Crippen LogP contribution in [0.4, 0.5) is 0 Å². The van der Waals surface area contributed by atoms with Gasteiger partial charge < -0.3 is 9.67 Å². The van der Waals surface area contributed by atoms with Gasteiger partial charge in [-0.2, -0.15) is 0 Å². The number of thioether (sulfide) groups is 1. The average molecular weight is 358 g/mol. The minimum Gasteiger partial charge on any atom is -0.382 e. The lowest BCUT2D eigenvalue weighted by Crippen LogP contribution is -2.22. The molecule has 0 saturated heterocycles. The van der Waals surface area contributed by atoms with Crippen molar-refractivity contribution in [1.82, 2.24) is 28.9 Å². The highest BCUT2D eigenvalue weighted by Gasteiger charge is 2.35. The number of fused-ring (bicyclic) bond motifs is 2. The Kier molecular flexibility index (Phi) is 3.58. The molecule has 130 valence electrons. The number of aromatic nitrogens is 6. The summed E-state index contributed by atoms with van der Waals surface area (Å²) in [5.74, 6) is 1.15. The average Bonchev–Trinajstić information content (AvgIpc) is 3.21. The summed E-state index contributed by atoms with van der Waals surface area (Å²) in [6, 6.07) is 0. The van der Waals surface area contributed by atoms with Gasteiger partial charge in [0.25, 0.3) is 5.56 Å². The summed E-state index contributed by atoms with van der Waals surface area (Å²) in [6.07, 6.45) is 7.55. The Hall–Kier alpha value is -2.39. The van der Waals surface area contributed by atoms with Crippen molar-refractivity contribution >= 4 is 22.8 Å². The molecule has 0 fully saturated rings. The lowest BCUT2D eigenvalue weighted by Gasteiger charge is -2.13. The van der Waals surface area contributed by atoms with E-state index in [1.165, 1.54) is 16.4 Å². The predicted molar refractivity (Wildman–Crippen MR) is 95.1 cm³/mol. The van der Waals surface area contributed by atoms with Crippen LogP contribution in [0.15, 0.2) is 35.0 Å². The van der Waals surface area contributed by atoms with Crippen LogP contribution >= 0.6 is 11.8 Å². The lowest BCUT2D eigenvalue weighted by atomic mass is 10.1. The summed E-state index contributed by atoms with van der Waals surface area (Å²) < 4.78 is 5.13. The van der Waals surface area contributed by atoms with Crippen molar-refractivity contribution in [1.29, 1.82) is 0 Å². The van der Waals surface area contributed by atoms with Gasteiger partial charge >= 0.3 is 0 Å². The van der Waals surface area contributed by atoms with Crippen LogP contribution in [0.25, 0.3) is 16.9 Å². The molecule has 0 spiro atoms. The van der Waals surface area contributed by atoms with E-state index in [2.05, 4.69) is 21.5 Å². The van der Waals surface area contributed by atoms with Crippen LogP contribution < -0.4 is 5.56 Å². The molecule has 0 bridgehead atoms. The summed E-state index contributed by atoms with van der Waals surface area (Å²) in [7, 11) is 0. The molecule has 8 nitrogen and oxygen atoms in total. The highest BCUT2D eigenvalue weighted by atomic mass is 32.2. The van der Waals surface area contributed by atoms with Gasteiger partial charge in [-0.25, -0.2) is 24.3 Å². The van der Waals surface area contributed by atoms with E-state index in [1.54, 1.807) is 23.9 Å². The van der Waals surface area contributed by atoms with E-state index in [4.69, 9.17) is 0 Å². The largest absolute Gasteiger partial charge is 0.382 e. The van der Waals surface area contributed by atoms with Crippen molar-refractivity contribution in [2.24, 2.45) is 0 Å². The molecule has 4 heterocycles. The van der Waals surface area contributed by atoms with Crippen LogP contribution in [0.2, 0.25) is 0 Å². The Balaban J connectivity index is 2.02. The molecule has 1 aliphatic rings. The summed E-state index contributed by atoms with van der Waals surface area (Å²) in [5.41, 5.74) is -0.658. The molecule has 4 rings (SSSR count). The van der Waals surface area contributed by atoms with Crippen LogP contribution in [0.1, 0.15) is 19.2 Å². The first kappa shape index (κ1) is 16.1. The second-order valence-corrected chi connectivity index (χ2v) is 7.00. The molecule has 0 radical (unpaired) electrons. The monoisotopic (exact) mass is 358 g/mol. The van der Waals surface area contributed by atoms with Crippen molar-refractivity contribution in [2.75, 3.05) is 6.26 Å². The Labute approximate surface area is 147 Å². The number of hydrogen-bond donors (Lipinski definition) is 1. The fraction of sp³-hybridized carbons (Fsp3) is 0.375. The van der Waals surface area contributed by atoms with E-state index in [0.29, 0.717) is 47.3 Å². The SMILES string of the molecule is C=CCn1c(=O)c2cnc(SC)nc2n1-c1cn2c(n1)C(C)(O)CC2. The van der Waals surface area contributed by atoms with Crippen molar-refractivity contribution in [3.63, 3.8) is 0 Å². The van der Waals surface area contributed by atoms with Gasteiger partial charge in [0, 0.05) is 19.2 Å². The van der Waals surface area contributed by atoms with Gasteiger partial charge in [-0.05, 0) is 13.2 Å². The molecular formula is C16H18N6O2S. The van der Waals surface area contributed by atoms with Crippen molar-refractivity contribution in [3.8, 4) is 5.82 Å².